The summed E-state index contributed by atoms with van der Waals surface area (Å²) in [4.78, 5) is 18.0. The number of hydrogen-bond donors (Lipinski definition) is 0. The van der Waals surface area contributed by atoms with Crippen LogP contribution in [0.2, 0.25) is 10.0 Å². The van der Waals surface area contributed by atoms with Crippen molar-refractivity contribution in [1.29, 1.82) is 0 Å². The Morgan fingerprint density at radius 3 is 2.41 bits per heavy atom. The molecule has 160 valence electrons. The van der Waals surface area contributed by atoms with E-state index in [-0.39, 0.29) is 5.69 Å². The molecule has 0 spiro atoms. The fourth-order valence-corrected chi connectivity index (χ4v) is 4.16. The van der Waals surface area contributed by atoms with Crippen LogP contribution in [0, 0.1) is 0 Å². The van der Waals surface area contributed by atoms with Crippen LogP contribution in [0.5, 0.6) is 0 Å². The second-order valence-corrected chi connectivity index (χ2v) is 7.95. The molecular weight excluding hydrogens is 462 g/mol. The number of halogens is 5. The van der Waals surface area contributed by atoms with E-state index in [0.29, 0.717) is 37.7 Å². The van der Waals surface area contributed by atoms with Crippen molar-refractivity contribution < 1.29 is 13.2 Å². The number of rotatable bonds is 2. The molecule has 0 fully saturated rings. The van der Waals surface area contributed by atoms with Gasteiger partial charge in [-0.25, -0.2) is 4.79 Å². The zero-order valence-electron chi connectivity index (χ0n) is 16.1. The number of pyridine rings is 1. The van der Waals surface area contributed by atoms with Crippen LogP contribution in [0.25, 0.3) is 33.3 Å². The zero-order valence-corrected chi connectivity index (χ0v) is 17.6. The molecule has 0 atom stereocenters. The predicted octanol–water partition coefficient (Wildman–Crippen LogP) is 6.66. The van der Waals surface area contributed by atoms with E-state index in [1.54, 1.807) is 42.5 Å². The summed E-state index contributed by atoms with van der Waals surface area (Å²) in [6, 6.07) is 16.4. The van der Waals surface area contributed by atoms with Crippen molar-refractivity contribution in [2.75, 3.05) is 0 Å². The van der Waals surface area contributed by atoms with E-state index in [0.717, 1.165) is 12.1 Å². The second kappa shape index (κ2) is 7.39. The van der Waals surface area contributed by atoms with Crippen LogP contribution in [0.15, 0.2) is 77.7 Å². The van der Waals surface area contributed by atoms with Crippen LogP contribution >= 0.6 is 23.2 Å². The number of nitrogens with zero attached hydrogens (tertiary/aromatic N) is 3. The van der Waals surface area contributed by atoms with E-state index < -0.39 is 17.4 Å². The van der Waals surface area contributed by atoms with Crippen molar-refractivity contribution in [3.8, 4) is 11.4 Å². The Labute approximate surface area is 189 Å². The average molecular weight is 474 g/mol. The summed E-state index contributed by atoms with van der Waals surface area (Å²) < 4.78 is 42.6. The minimum absolute atomic E-state index is 0.0591. The number of hydrogen-bond acceptors (Lipinski definition) is 2. The third kappa shape index (κ3) is 3.25. The van der Waals surface area contributed by atoms with Gasteiger partial charge < -0.3 is 0 Å². The standard InChI is InChI=1S/C23H12Cl2F3N3O/c24-14-8-9-18-16(11-14)21-20(12-29-18)30(15-5-3-4-13(10-15)23(26,27)28)22(32)31(21)19-7-2-1-6-17(19)25/h1-12H. The van der Waals surface area contributed by atoms with Gasteiger partial charge in [0.05, 0.1) is 44.7 Å². The third-order valence-corrected chi connectivity index (χ3v) is 5.71. The number of aromatic nitrogens is 3. The van der Waals surface area contributed by atoms with E-state index >= 15 is 0 Å². The molecule has 0 saturated heterocycles. The average Bonchev–Trinajstić information content (AvgIpc) is 3.06. The van der Waals surface area contributed by atoms with Crippen molar-refractivity contribution in [3.63, 3.8) is 0 Å². The lowest BCUT2D eigenvalue weighted by molar-refractivity contribution is -0.137. The smallest absolute Gasteiger partial charge is 0.259 e. The van der Waals surface area contributed by atoms with Crippen molar-refractivity contribution in [2.45, 2.75) is 6.18 Å². The van der Waals surface area contributed by atoms with Crippen LogP contribution in [-0.4, -0.2) is 14.1 Å². The lowest BCUT2D eigenvalue weighted by atomic mass is 10.1. The topological polar surface area (TPSA) is 39.8 Å². The van der Waals surface area contributed by atoms with Crippen LogP contribution < -0.4 is 5.69 Å². The van der Waals surface area contributed by atoms with Crippen molar-refractivity contribution >= 4 is 45.1 Å². The normalized spacial score (nSPS) is 12.0. The van der Waals surface area contributed by atoms with Crippen molar-refractivity contribution in [1.82, 2.24) is 14.1 Å². The summed E-state index contributed by atoms with van der Waals surface area (Å²) in [7, 11) is 0. The van der Waals surface area contributed by atoms with Gasteiger partial charge in [-0.05, 0) is 48.5 Å². The van der Waals surface area contributed by atoms with Gasteiger partial charge in [0.2, 0.25) is 0 Å². The molecule has 0 bridgehead atoms. The lowest BCUT2D eigenvalue weighted by Crippen LogP contribution is -2.22. The van der Waals surface area contributed by atoms with Crippen LogP contribution in [-0.2, 0) is 6.18 Å². The second-order valence-electron chi connectivity index (χ2n) is 7.11. The fraction of sp³-hybridized carbons (Fsp3) is 0.0435. The fourth-order valence-electron chi connectivity index (χ4n) is 3.77. The van der Waals surface area contributed by atoms with Gasteiger partial charge in [-0.1, -0.05) is 41.4 Å². The van der Waals surface area contributed by atoms with E-state index in [2.05, 4.69) is 4.98 Å². The predicted molar refractivity (Wildman–Crippen MR) is 119 cm³/mol. The Morgan fingerprint density at radius 1 is 0.875 bits per heavy atom. The highest BCUT2D eigenvalue weighted by Gasteiger charge is 2.31. The maximum Gasteiger partial charge on any atom is 0.416 e. The van der Waals surface area contributed by atoms with Gasteiger partial charge in [0, 0.05) is 10.4 Å². The maximum absolute atomic E-state index is 13.7. The molecule has 32 heavy (non-hydrogen) atoms. The molecule has 0 aliphatic rings. The number of benzene rings is 3. The first-order valence-electron chi connectivity index (χ1n) is 9.40. The number of alkyl halides is 3. The first kappa shape index (κ1) is 20.6. The first-order valence-corrected chi connectivity index (χ1v) is 10.2. The minimum atomic E-state index is -4.56. The van der Waals surface area contributed by atoms with Gasteiger partial charge in [-0.3, -0.25) is 14.1 Å². The first-order chi connectivity index (χ1) is 15.3. The molecule has 0 radical (unpaired) electrons. The monoisotopic (exact) mass is 473 g/mol. The number of para-hydroxylation sites is 1. The highest BCUT2D eigenvalue weighted by atomic mass is 35.5. The number of fused-ring (bicyclic) bond motifs is 3. The molecule has 3 aromatic carbocycles. The molecule has 5 rings (SSSR count). The molecule has 0 aliphatic carbocycles. The SMILES string of the molecule is O=c1n(-c2cccc(C(F)(F)F)c2)c2cnc3ccc(Cl)cc3c2n1-c1ccccc1Cl. The van der Waals surface area contributed by atoms with Gasteiger partial charge in [-0.2, -0.15) is 13.2 Å². The van der Waals surface area contributed by atoms with Crippen LogP contribution in [0.3, 0.4) is 0 Å². The van der Waals surface area contributed by atoms with Gasteiger partial charge >= 0.3 is 11.9 Å². The summed E-state index contributed by atoms with van der Waals surface area (Å²) in [6.45, 7) is 0. The summed E-state index contributed by atoms with van der Waals surface area (Å²) in [5.74, 6) is 0. The Bertz CT molecular complexity index is 1570. The summed E-state index contributed by atoms with van der Waals surface area (Å²) in [5, 5.41) is 1.30. The zero-order chi connectivity index (χ0) is 22.6. The highest BCUT2D eigenvalue weighted by molar-refractivity contribution is 6.33. The lowest BCUT2D eigenvalue weighted by Gasteiger charge is -2.09. The molecule has 0 aliphatic heterocycles. The summed E-state index contributed by atoms with van der Waals surface area (Å²) in [5.41, 5.74) is 0.339. The Kier molecular flexibility index (Phi) is 4.76. The maximum atomic E-state index is 13.7. The molecule has 0 amide bonds. The molecule has 5 aromatic rings. The van der Waals surface area contributed by atoms with Crippen LogP contribution in [0.4, 0.5) is 13.2 Å². The van der Waals surface area contributed by atoms with Crippen LogP contribution in [0.1, 0.15) is 5.56 Å². The number of imidazole rings is 1. The van der Waals surface area contributed by atoms with Crippen molar-refractivity contribution in [2.24, 2.45) is 0 Å². The summed E-state index contributed by atoms with van der Waals surface area (Å²) in [6.07, 6.45) is -3.10. The Morgan fingerprint density at radius 2 is 1.66 bits per heavy atom. The van der Waals surface area contributed by atoms with E-state index in [1.165, 1.54) is 27.5 Å². The quantitative estimate of drug-likeness (QED) is 0.287. The molecule has 2 heterocycles. The van der Waals surface area contributed by atoms with E-state index in [1.807, 2.05) is 0 Å². The summed E-state index contributed by atoms with van der Waals surface area (Å²) >= 11 is 12.6. The van der Waals surface area contributed by atoms with Gasteiger partial charge in [0.25, 0.3) is 0 Å². The van der Waals surface area contributed by atoms with E-state index in [4.69, 9.17) is 23.2 Å². The molecule has 0 unspecified atom stereocenters. The Balaban J connectivity index is 1.96. The molecular formula is C23H12Cl2F3N3O. The minimum Gasteiger partial charge on any atom is -0.259 e. The molecule has 2 aromatic heterocycles. The molecule has 0 N–H and O–H groups in total. The van der Waals surface area contributed by atoms with Gasteiger partial charge in [0.1, 0.15) is 0 Å². The Hall–Kier alpha value is -3.29. The third-order valence-electron chi connectivity index (χ3n) is 5.15. The van der Waals surface area contributed by atoms with Gasteiger partial charge in [0.15, 0.2) is 0 Å². The molecule has 4 nitrogen and oxygen atoms in total. The van der Waals surface area contributed by atoms with Gasteiger partial charge in [-0.15, -0.1) is 0 Å². The van der Waals surface area contributed by atoms with Crippen molar-refractivity contribution in [3.05, 3.63) is 99.0 Å². The molecule has 9 heteroatoms. The largest absolute Gasteiger partial charge is 0.416 e. The molecule has 0 saturated carbocycles. The highest BCUT2D eigenvalue weighted by Crippen LogP contribution is 2.33. The van der Waals surface area contributed by atoms with E-state index in [9.17, 15) is 18.0 Å².